The second-order valence-electron chi connectivity index (χ2n) is 7.14. The predicted octanol–water partition coefficient (Wildman–Crippen LogP) is -1.45. The quantitative estimate of drug-likeness (QED) is 0.533. The van der Waals surface area contributed by atoms with Gasteiger partial charge in [0.2, 0.25) is 5.72 Å². The van der Waals surface area contributed by atoms with Crippen LogP contribution in [0.1, 0.15) is 20.8 Å². The van der Waals surface area contributed by atoms with Gasteiger partial charge in [0, 0.05) is 19.4 Å². The Morgan fingerprint density at radius 3 is 2.58 bits per heavy atom. The van der Waals surface area contributed by atoms with Crippen LogP contribution in [0.4, 0.5) is 0 Å². The van der Waals surface area contributed by atoms with Crippen molar-refractivity contribution in [3.8, 4) is 0 Å². The number of ether oxygens (including phenoxy) is 3. The van der Waals surface area contributed by atoms with Crippen LogP contribution in [0.25, 0.3) is 0 Å². The lowest BCUT2D eigenvalue weighted by molar-refractivity contribution is -0.200. The molecule has 146 valence electrons. The minimum atomic E-state index is -1.76. The summed E-state index contributed by atoms with van der Waals surface area (Å²) >= 11 is 0. The molecule has 0 aliphatic carbocycles. The van der Waals surface area contributed by atoms with Crippen LogP contribution in [-0.4, -0.2) is 64.4 Å². The number of H-pyrrole nitrogens is 1. The molecule has 1 aromatic rings. The molecule has 0 radical (unpaired) electrons. The SMILES string of the molecule is CO[C@@H]1[C@H](O)[C@@H](CO)O[C@@]1(COC(=O)C(C)(C)C)n1ccc(=O)[nH]c1=O. The number of hydrogen-bond donors (Lipinski definition) is 3. The molecule has 1 aliphatic rings. The largest absolute Gasteiger partial charge is 0.460 e. The van der Waals surface area contributed by atoms with Gasteiger partial charge in [0.1, 0.15) is 24.9 Å². The highest BCUT2D eigenvalue weighted by molar-refractivity contribution is 5.75. The number of aromatic amines is 1. The minimum absolute atomic E-state index is 0.471. The fourth-order valence-electron chi connectivity index (χ4n) is 2.81. The van der Waals surface area contributed by atoms with E-state index in [0.717, 1.165) is 16.8 Å². The first-order valence-corrected chi connectivity index (χ1v) is 8.06. The molecule has 2 rings (SSSR count). The van der Waals surface area contributed by atoms with E-state index in [-0.39, 0.29) is 0 Å². The molecule has 1 saturated heterocycles. The van der Waals surface area contributed by atoms with Gasteiger partial charge in [0.05, 0.1) is 12.0 Å². The predicted molar refractivity (Wildman–Crippen MR) is 88.5 cm³/mol. The highest BCUT2D eigenvalue weighted by Crippen LogP contribution is 2.37. The van der Waals surface area contributed by atoms with Crippen LogP contribution < -0.4 is 11.2 Å². The number of carbonyl (C=O) groups excluding carboxylic acids is 1. The summed E-state index contributed by atoms with van der Waals surface area (Å²) in [5.41, 5.74) is -4.03. The summed E-state index contributed by atoms with van der Waals surface area (Å²) < 4.78 is 17.3. The van der Waals surface area contributed by atoms with Crippen molar-refractivity contribution in [2.24, 2.45) is 5.41 Å². The van der Waals surface area contributed by atoms with Gasteiger partial charge in [-0.1, -0.05) is 0 Å². The summed E-state index contributed by atoms with van der Waals surface area (Å²) in [6.07, 6.45) is -2.36. The van der Waals surface area contributed by atoms with Crippen molar-refractivity contribution in [3.05, 3.63) is 33.1 Å². The van der Waals surface area contributed by atoms with E-state index in [1.54, 1.807) is 20.8 Å². The van der Waals surface area contributed by atoms with Gasteiger partial charge in [-0.2, -0.15) is 0 Å². The molecule has 26 heavy (non-hydrogen) atoms. The van der Waals surface area contributed by atoms with Crippen LogP contribution in [0.2, 0.25) is 0 Å². The zero-order valence-corrected chi connectivity index (χ0v) is 15.1. The Hall–Kier alpha value is -2.01. The molecule has 10 heteroatoms. The zero-order chi connectivity index (χ0) is 19.7. The van der Waals surface area contributed by atoms with Crippen LogP contribution in [0, 0.1) is 5.41 Å². The van der Waals surface area contributed by atoms with Crippen molar-refractivity contribution in [2.45, 2.75) is 44.8 Å². The number of aliphatic hydroxyl groups is 2. The average molecular weight is 372 g/mol. The normalized spacial score (nSPS) is 28.9. The maximum Gasteiger partial charge on any atom is 0.330 e. The highest BCUT2D eigenvalue weighted by Gasteiger charge is 2.58. The molecule has 0 spiro atoms. The Morgan fingerprint density at radius 1 is 1.42 bits per heavy atom. The Kier molecular flexibility index (Phi) is 5.71. The lowest BCUT2D eigenvalue weighted by atomic mass is 9.97. The van der Waals surface area contributed by atoms with E-state index in [1.807, 2.05) is 0 Å². The molecular formula is C16H24N2O8. The van der Waals surface area contributed by atoms with Crippen LogP contribution in [0.3, 0.4) is 0 Å². The molecule has 0 unspecified atom stereocenters. The lowest BCUT2D eigenvalue weighted by Gasteiger charge is -2.35. The van der Waals surface area contributed by atoms with Gasteiger partial charge in [-0.05, 0) is 20.8 Å². The van der Waals surface area contributed by atoms with E-state index >= 15 is 0 Å². The summed E-state index contributed by atoms with van der Waals surface area (Å²) in [5.74, 6) is -0.560. The molecule has 0 aromatic carbocycles. The van der Waals surface area contributed by atoms with Gasteiger partial charge in [-0.3, -0.25) is 19.1 Å². The number of aromatic nitrogens is 2. The van der Waals surface area contributed by atoms with Crippen molar-refractivity contribution < 1.29 is 29.2 Å². The maximum atomic E-state index is 12.3. The monoisotopic (exact) mass is 372 g/mol. The first-order chi connectivity index (χ1) is 12.1. The fraction of sp³-hybridized carbons (Fsp3) is 0.688. The van der Waals surface area contributed by atoms with E-state index in [2.05, 4.69) is 4.98 Å². The van der Waals surface area contributed by atoms with Crippen molar-refractivity contribution in [3.63, 3.8) is 0 Å². The fourth-order valence-corrected chi connectivity index (χ4v) is 2.81. The molecular weight excluding hydrogens is 348 g/mol. The molecule has 3 N–H and O–H groups in total. The van der Waals surface area contributed by atoms with Gasteiger partial charge in [0.15, 0.2) is 0 Å². The number of methoxy groups -OCH3 is 1. The number of carbonyl (C=O) groups is 1. The standard InChI is InChI=1S/C16H24N2O8/c1-15(2,3)13(22)25-8-16(18-6-5-10(20)17-14(18)23)12(24-4)11(21)9(7-19)26-16/h5-6,9,11-12,19,21H,7-8H2,1-4H3,(H,17,20,23)/t9-,11-,12-,16-/m1/s1. The molecule has 0 saturated carbocycles. The Bertz CT molecular complexity index is 764. The zero-order valence-electron chi connectivity index (χ0n) is 15.1. The molecule has 4 atom stereocenters. The maximum absolute atomic E-state index is 12.3. The number of nitrogens with one attached hydrogen (secondary N) is 1. The number of aliphatic hydroxyl groups excluding tert-OH is 2. The summed E-state index contributed by atoms with van der Waals surface area (Å²) in [4.78, 5) is 38.0. The molecule has 1 aliphatic heterocycles. The number of hydrogen-bond acceptors (Lipinski definition) is 8. The first kappa shape index (κ1) is 20.3. The molecule has 2 heterocycles. The summed E-state index contributed by atoms with van der Waals surface area (Å²) in [5, 5.41) is 19.8. The Labute approximate surface area is 149 Å². The van der Waals surface area contributed by atoms with Gasteiger partial charge >= 0.3 is 11.7 Å². The van der Waals surface area contributed by atoms with Gasteiger partial charge in [-0.25, -0.2) is 4.79 Å². The molecule has 1 aromatic heterocycles. The van der Waals surface area contributed by atoms with Crippen LogP contribution in [0.5, 0.6) is 0 Å². The summed E-state index contributed by atoms with van der Waals surface area (Å²) in [6, 6.07) is 1.09. The lowest BCUT2D eigenvalue weighted by Crippen LogP contribution is -2.55. The van der Waals surface area contributed by atoms with Crippen molar-refractivity contribution in [1.82, 2.24) is 9.55 Å². The van der Waals surface area contributed by atoms with E-state index in [9.17, 15) is 24.6 Å². The van der Waals surface area contributed by atoms with E-state index < -0.39 is 59.9 Å². The average Bonchev–Trinajstić information content (AvgIpc) is 2.83. The van der Waals surface area contributed by atoms with Gasteiger partial charge in [-0.15, -0.1) is 0 Å². The molecule has 0 bridgehead atoms. The minimum Gasteiger partial charge on any atom is -0.460 e. The number of nitrogens with zero attached hydrogens (tertiary/aromatic N) is 1. The van der Waals surface area contributed by atoms with Crippen molar-refractivity contribution in [1.29, 1.82) is 0 Å². The summed E-state index contributed by atoms with van der Waals surface area (Å²) in [7, 11) is 1.29. The smallest absolute Gasteiger partial charge is 0.330 e. The summed E-state index contributed by atoms with van der Waals surface area (Å²) in [6.45, 7) is 3.95. The number of esters is 1. The second kappa shape index (κ2) is 7.31. The topological polar surface area (TPSA) is 140 Å². The van der Waals surface area contributed by atoms with Crippen molar-refractivity contribution in [2.75, 3.05) is 20.3 Å². The van der Waals surface area contributed by atoms with E-state index in [0.29, 0.717) is 0 Å². The molecule has 0 amide bonds. The molecule has 1 fully saturated rings. The Balaban J connectivity index is 2.53. The van der Waals surface area contributed by atoms with Crippen LogP contribution in [0.15, 0.2) is 21.9 Å². The second-order valence-corrected chi connectivity index (χ2v) is 7.14. The van der Waals surface area contributed by atoms with E-state index in [1.165, 1.54) is 7.11 Å². The third-order valence-electron chi connectivity index (χ3n) is 4.18. The van der Waals surface area contributed by atoms with E-state index in [4.69, 9.17) is 14.2 Å². The Morgan fingerprint density at radius 2 is 2.08 bits per heavy atom. The third kappa shape index (κ3) is 3.58. The van der Waals surface area contributed by atoms with Crippen LogP contribution >= 0.6 is 0 Å². The van der Waals surface area contributed by atoms with Gasteiger partial charge < -0.3 is 24.4 Å². The number of rotatable bonds is 5. The first-order valence-electron chi connectivity index (χ1n) is 8.06. The highest BCUT2D eigenvalue weighted by atomic mass is 16.6. The third-order valence-corrected chi connectivity index (χ3v) is 4.18. The van der Waals surface area contributed by atoms with Crippen LogP contribution in [-0.2, 0) is 24.7 Å². The molecule has 10 nitrogen and oxygen atoms in total. The van der Waals surface area contributed by atoms with Gasteiger partial charge in [0.25, 0.3) is 5.56 Å². The van der Waals surface area contributed by atoms with Crippen molar-refractivity contribution >= 4 is 5.97 Å².